The standard InChI is InChI=1S/C21H22ClN3O4/c1-15-7-8-17(18(22)23-15)9-10-21(11-12-25(14-21)20(27)28)24-19(26)29-13-16-5-3-2-4-6-16/h2-10H,11-14H2,1H3,(H,24,26)(H,27,28)/b10-9+/t21-/m0/s1. The largest absolute Gasteiger partial charge is 0.465 e. The number of carboxylic acid groups (broad SMARTS) is 1. The summed E-state index contributed by atoms with van der Waals surface area (Å²) in [4.78, 5) is 29.3. The Labute approximate surface area is 174 Å². The van der Waals surface area contributed by atoms with E-state index in [1.165, 1.54) is 4.90 Å². The first kappa shape index (κ1) is 20.7. The molecule has 1 aliphatic rings. The maximum Gasteiger partial charge on any atom is 0.408 e. The van der Waals surface area contributed by atoms with Crippen molar-refractivity contribution in [3.8, 4) is 0 Å². The number of hydrogen-bond acceptors (Lipinski definition) is 4. The fraction of sp³-hybridized carbons (Fsp3) is 0.286. The molecule has 8 heteroatoms. The zero-order valence-corrected chi connectivity index (χ0v) is 16.7. The lowest BCUT2D eigenvalue weighted by molar-refractivity contribution is 0.128. The van der Waals surface area contributed by atoms with Gasteiger partial charge >= 0.3 is 12.2 Å². The van der Waals surface area contributed by atoms with Crippen molar-refractivity contribution in [2.24, 2.45) is 0 Å². The highest BCUT2D eigenvalue weighted by atomic mass is 35.5. The van der Waals surface area contributed by atoms with Gasteiger partial charge in [-0.15, -0.1) is 0 Å². The molecule has 0 radical (unpaired) electrons. The van der Waals surface area contributed by atoms with E-state index in [0.29, 0.717) is 23.7 Å². The third kappa shape index (κ3) is 5.48. The summed E-state index contributed by atoms with van der Waals surface area (Å²) in [5.41, 5.74) is 1.45. The van der Waals surface area contributed by atoms with Gasteiger partial charge in [-0.25, -0.2) is 14.6 Å². The first-order chi connectivity index (χ1) is 13.9. The zero-order valence-electron chi connectivity index (χ0n) is 16.0. The Morgan fingerprint density at radius 2 is 2.07 bits per heavy atom. The maximum absolute atomic E-state index is 12.4. The number of aryl methyl sites for hydroxylation is 1. The molecule has 3 rings (SSSR count). The van der Waals surface area contributed by atoms with Gasteiger partial charge in [0.05, 0.1) is 12.1 Å². The van der Waals surface area contributed by atoms with Gasteiger partial charge in [-0.2, -0.15) is 0 Å². The van der Waals surface area contributed by atoms with E-state index in [0.717, 1.165) is 11.3 Å². The summed E-state index contributed by atoms with van der Waals surface area (Å²) < 4.78 is 5.31. The third-order valence-corrected chi connectivity index (χ3v) is 5.04. The predicted octanol–water partition coefficient (Wildman–Crippen LogP) is 4.11. The topological polar surface area (TPSA) is 91.8 Å². The highest BCUT2D eigenvalue weighted by Gasteiger charge is 2.39. The molecule has 1 aromatic carbocycles. The summed E-state index contributed by atoms with van der Waals surface area (Å²) in [5, 5.41) is 12.5. The van der Waals surface area contributed by atoms with Crippen LogP contribution in [0.3, 0.4) is 0 Å². The minimum atomic E-state index is -1.03. The first-order valence-electron chi connectivity index (χ1n) is 9.16. The molecule has 1 atom stereocenters. The minimum absolute atomic E-state index is 0.121. The molecule has 2 aromatic rings. The number of hydrogen-bond donors (Lipinski definition) is 2. The molecule has 0 saturated carbocycles. The molecule has 1 aliphatic heterocycles. The minimum Gasteiger partial charge on any atom is -0.465 e. The quantitative estimate of drug-likeness (QED) is 0.717. The normalized spacial score (nSPS) is 18.8. The summed E-state index contributed by atoms with van der Waals surface area (Å²) in [6.45, 7) is 2.39. The molecule has 2 amide bonds. The molecule has 1 saturated heterocycles. The SMILES string of the molecule is Cc1ccc(/C=C/[C@]2(NC(=O)OCc3ccccc3)CCN(C(=O)O)C2)c(Cl)n1. The lowest BCUT2D eigenvalue weighted by Gasteiger charge is -2.26. The summed E-state index contributed by atoms with van der Waals surface area (Å²) >= 11 is 6.18. The van der Waals surface area contributed by atoms with Gasteiger partial charge in [0.15, 0.2) is 0 Å². The number of halogens is 1. The second-order valence-corrected chi connectivity index (χ2v) is 7.32. The predicted molar refractivity (Wildman–Crippen MR) is 110 cm³/mol. The van der Waals surface area contributed by atoms with Gasteiger partial charge in [0, 0.05) is 17.8 Å². The molecule has 29 heavy (non-hydrogen) atoms. The van der Waals surface area contributed by atoms with E-state index in [1.54, 1.807) is 12.2 Å². The van der Waals surface area contributed by atoms with Crippen molar-refractivity contribution in [1.82, 2.24) is 15.2 Å². The van der Waals surface area contributed by atoms with Gasteiger partial charge in [-0.3, -0.25) is 0 Å². The van der Waals surface area contributed by atoms with Crippen LogP contribution >= 0.6 is 11.6 Å². The van der Waals surface area contributed by atoms with Gasteiger partial charge in [0.1, 0.15) is 11.8 Å². The van der Waals surface area contributed by atoms with Gasteiger partial charge < -0.3 is 20.1 Å². The van der Waals surface area contributed by atoms with E-state index in [9.17, 15) is 14.7 Å². The number of benzene rings is 1. The Bertz CT molecular complexity index is 919. The molecule has 0 bridgehead atoms. The molecule has 0 unspecified atom stereocenters. The van der Waals surface area contributed by atoms with Gasteiger partial charge in [-0.1, -0.05) is 60.2 Å². The smallest absolute Gasteiger partial charge is 0.408 e. The number of amides is 2. The van der Waals surface area contributed by atoms with Crippen LogP contribution in [0.1, 0.15) is 23.2 Å². The fourth-order valence-electron chi connectivity index (χ4n) is 3.15. The molecule has 1 aromatic heterocycles. The molecule has 1 fully saturated rings. The van der Waals surface area contributed by atoms with Crippen molar-refractivity contribution in [2.45, 2.75) is 25.5 Å². The molecule has 2 heterocycles. The Morgan fingerprint density at radius 3 is 2.72 bits per heavy atom. The van der Waals surface area contributed by atoms with E-state index in [4.69, 9.17) is 16.3 Å². The summed E-state index contributed by atoms with van der Waals surface area (Å²) in [7, 11) is 0. The van der Waals surface area contributed by atoms with Gasteiger partial charge in [0.25, 0.3) is 0 Å². The maximum atomic E-state index is 12.4. The highest BCUT2D eigenvalue weighted by molar-refractivity contribution is 6.30. The molecular weight excluding hydrogens is 394 g/mol. The Kier molecular flexibility index (Phi) is 6.39. The monoisotopic (exact) mass is 415 g/mol. The van der Waals surface area contributed by atoms with E-state index in [1.807, 2.05) is 49.4 Å². The average molecular weight is 416 g/mol. The second kappa shape index (κ2) is 8.96. The second-order valence-electron chi connectivity index (χ2n) is 6.96. The van der Waals surface area contributed by atoms with Crippen LogP contribution in [0.4, 0.5) is 9.59 Å². The van der Waals surface area contributed by atoms with Crippen molar-refractivity contribution < 1.29 is 19.4 Å². The number of alkyl carbamates (subject to hydrolysis) is 1. The van der Waals surface area contributed by atoms with E-state index in [-0.39, 0.29) is 13.2 Å². The number of pyridine rings is 1. The van der Waals surface area contributed by atoms with Crippen LogP contribution in [-0.2, 0) is 11.3 Å². The Balaban J connectivity index is 1.74. The Morgan fingerprint density at radius 1 is 1.31 bits per heavy atom. The van der Waals surface area contributed by atoms with Crippen LogP contribution < -0.4 is 5.32 Å². The van der Waals surface area contributed by atoms with Gasteiger partial charge in [0.2, 0.25) is 0 Å². The highest BCUT2D eigenvalue weighted by Crippen LogP contribution is 2.26. The van der Waals surface area contributed by atoms with Crippen molar-refractivity contribution in [2.75, 3.05) is 13.1 Å². The lowest BCUT2D eigenvalue weighted by atomic mass is 9.97. The van der Waals surface area contributed by atoms with E-state index >= 15 is 0 Å². The Hall–Kier alpha value is -3.06. The number of ether oxygens (including phenoxy) is 1. The first-order valence-corrected chi connectivity index (χ1v) is 9.54. The van der Waals surface area contributed by atoms with Crippen LogP contribution in [0.25, 0.3) is 6.08 Å². The fourth-order valence-corrected chi connectivity index (χ4v) is 3.41. The number of aromatic nitrogens is 1. The van der Waals surface area contributed by atoms with Crippen LogP contribution in [0.5, 0.6) is 0 Å². The van der Waals surface area contributed by atoms with Crippen molar-refractivity contribution in [1.29, 1.82) is 0 Å². The molecule has 0 aliphatic carbocycles. The van der Waals surface area contributed by atoms with E-state index in [2.05, 4.69) is 10.3 Å². The molecule has 2 N–H and O–H groups in total. The summed E-state index contributed by atoms with van der Waals surface area (Å²) in [6.07, 6.45) is 2.29. The van der Waals surface area contributed by atoms with Crippen molar-refractivity contribution in [3.05, 3.63) is 70.5 Å². The molecule has 0 spiro atoms. The zero-order chi connectivity index (χ0) is 20.9. The number of rotatable bonds is 5. The van der Waals surface area contributed by atoms with E-state index < -0.39 is 17.7 Å². The van der Waals surface area contributed by atoms with Crippen LogP contribution in [0.15, 0.2) is 48.5 Å². The number of nitrogens with one attached hydrogen (secondary N) is 1. The molecule has 152 valence electrons. The number of likely N-dealkylation sites (tertiary alicyclic amines) is 1. The number of nitrogens with zero attached hydrogens (tertiary/aromatic N) is 2. The third-order valence-electron chi connectivity index (χ3n) is 4.73. The van der Waals surface area contributed by atoms with Crippen LogP contribution in [0.2, 0.25) is 5.15 Å². The van der Waals surface area contributed by atoms with Crippen molar-refractivity contribution in [3.63, 3.8) is 0 Å². The van der Waals surface area contributed by atoms with Crippen LogP contribution in [-0.4, -0.2) is 45.8 Å². The number of carbonyl (C=O) groups is 2. The van der Waals surface area contributed by atoms with Crippen LogP contribution in [0, 0.1) is 6.92 Å². The summed E-state index contributed by atoms with van der Waals surface area (Å²) in [6, 6.07) is 13.0. The average Bonchev–Trinajstić information content (AvgIpc) is 3.11. The lowest BCUT2D eigenvalue weighted by Crippen LogP contribution is -2.49. The van der Waals surface area contributed by atoms with Crippen molar-refractivity contribution >= 4 is 29.9 Å². The van der Waals surface area contributed by atoms with Gasteiger partial charge in [-0.05, 0) is 25.0 Å². The molecular formula is C21H22ClN3O4. The number of carbonyl (C=O) groups excluding carboxylic acids is 1. The molecule has 7 nitrogen and oxygen atoms in total. The summed E-state index contributed by atoms with van der Waals surface area (Å²) in [5.74, 6) is 0.